The lowest BCUT2D eigenvalue weighted by molar-refractivity contribution is 0.616. The molecule has 9 aromatic rings. The monoisotopic (exact) mass is 629 g/mol. The van der Waals surface area contributed by atoms with Gasteiger partial charge in [0, 0.05) is 39.0 Å². The number of hydrogen-bond acceptors (Lipinski definition) is 3. The lowest BCUT2D eigenvalue weighted by Gasteiger charge is -2.26. The Labute approximate surface area is 284 Å². The summed E-state index contributed by atoms with van der Waals surface area (Å²) >= 11 is 0. The van der Waals surface area contributed by atoms with Crippen LogP contribution in [-0.4, -0.2) is 0 Å². The van der Waals surface area contributed by atoms with Crippen molar-refractivity contribution in [3.05, 3.63) is 188 Å². The SMILES string of the molecule is c1ccc(-c2ccc(-c3ccc(N(c4ccc(-c5coc6ccccc56)cc4)c4ccc(-c5coc6ccccc56)cc4)cc3)cc2)cc1. The van der Waals surface area contributed by atoms with Gasteiger partial charge >= 0.3 is 0 Å². The second kappa shape index (κ2) is 12.2. The molecule has 0 unspecified atom stereocenters. The summed E-state index contributed by atoms with van der Waals surface area (Å²) in [5, 5.41) is 2.23. The van der Waals surface area contributed by atoms with E-state index in [0.29, 0.717) is 0 Å². The van der Waals surface area contributed by atoms with Gasteiger partial charge in [-0.05, 0) is 81.9 Å². The number of furan rings is 2. The van der Waals surface area contributed by atoms with Crippen molar-refractivity contribution >= 4 is 39.0 Å². The highest BCUT2D eigenvalue weighted by Gasteiger charge is 2.16. The van der Waals surface area contributed by atoms with Crippen molar-refractivity contribution in [2.45, 2.75) is 0 Å². The molecule has 7 aromatic carbocycles. The van der Waals surface area contributed by atoms with Gasteiger partial charge in [-0.3, -0.25) is 0 Å². The predicted molar refractivity (Wildman–Crippen MR) is 202 cm³/mol. The molecule has 0 fully saturated rings. The molecule has 2 aromatic heterocycles. The largest absolute Gasteiger partial charge is 0.464 e. The highest BCUT2D eigenvalue weighted by Crippen LogP contribution is 2.39. The highest BCUT2D eigenvalue weighted by molar-refractivity contribution is 5.95. The Hall–Kier alpha value is -6.58. The number of hydrogen-bond donors (Lipinski definition) is 0. The summed E-state index contributed by atoms with van der Waals surface area (Å²) in [6.45, 7) is 0. The number of nitrogens with zero attached hydrogens (tertiary/aromatic N) is 1. The van der Waals surface area contributed by atoms with Crippen LogP contribution in [0.5, 0.6) is 0 Å². The van der Waals surface area contributed by atoms with E-state index < -0.39 is 0 Å². The summed E-state index contributed by atoms with van der Waals surface area (Å²) in [5.41, 5.74) is 14.2. The molecule has 0 aliphatic rings. The Morgan fingerprint density at radius 1 is 0.286 bits per heavy atom. The van der Waals surface area contributed by atoms with Gasteiger partial charge < -0.3 is 13.7 Å². The lowest BCUT2D eigenvalue weighted by atomic mass is 10.00. The molecule has 0 aliphatic carbocycles. The predicted octanol–water partition coefficient (Wildman–Crippen LogP) is 13.3. The quantitative estimate of drug-likeness (QED) is 0.176. The second-order valence-corrected chi connectivity index (χ2v) is 12.2. The molecule has 0 saturated carbocycles. The maximum atomic E-state index is 5.85. The molecule has 3 heteroatoms. The molecule has 232 valence electrons. The number of fused-ring (bicyclic) bond motifs is 2. The fourth-order valence-electron chi connectivity index (χ4n) is 6.72. The number of para-hydroxylation sites is 2. The molecular weight excluding hydrogens is 599 g/mol. The third-order valence-corrected chi connectivity index (χ3v) is 9.29. The Balaban J connectivity index is 1.07. The van der Waals surface area contributed by atoms with Crippen LogP contribution in [0.4, 0.5) is 17.1 Å². The van der Waals surface area contributed by atoms with Gasteiger partial charge in [0.05, 0.1) is 12.5 Å². The van der Waals surface area contributed by atoms with E-state index in [1.807, 2.05) is 42.9 Å². The Morgan fingerprint density at radius 3 is 1.04 bits per heavy atom. The lowest BCUT2D eigenvalue weighted by Crippen LogP contribution is -2.09. The average Bonchev–Trinajstić information content (AvgIpc) is 3.82. The van der Waals surface area contributed by atoms with Crippen molar-refractivity contribution in [2.24, 2.45) is 0 Å². The molecule has 0 spiro atoms. The molecule has 0 aliphatic heterocycles. The van der Waals surface area contributed by atoms with Gasteiger partial charge in [-0.2, -0.15) is 0 Å². The zero-order chi connectivity index (χ0) is 32.6. The van der Waals surface area contributed by atoms with Gasteiger partial charge in [-0.1, -0.05) is 127 Å². The molecule has 0 bridgehead atoms. The van der Waals surface area contributed by atoms with E-state index in [2.05, 4.69) is 150 Å². The van der Waals surface area contributed by atoms with Crippen molar-refractivity contribution in [3.63, 3.8) is 0 Å². The van der Waals surface area contributed by atoms with Gasteiger partial charge in [0.15, 0.2) is 0 Å². The Kier molecular flexibility index (Phi) is 7.14. The zero-order valence-corrected chi connectivity index (χ0v) is 26.7. The normalized spacial score (nSPS) is 11.3. The first-order chi connectivity index (χ1) is 24.3. The van der Waals surface area contributed by atoms with Gasteiger partial charge in [0.1, 0.15) is 11.2 Å². The van der Waals surface area contributed by atoms with E-state index in [1.54, 1.807) is 0 Å². The number of anilines is 3. The molecule has 9 rings (SSSR count). The summed E-state index contributed by atoms with van der Waals surface area (Å²) in [4.78, 5) is 2.30. The molecular formula is C46H31NO2. The summed E-state index contributed by atoms with van der Waals surface area (Å²) in [6, 6.07) is 61.9. The first-order valence-corrected chi connectivity index (χ1v) is 16.5. The molecule has 0 saturated heterocycles. The molecule has 0 radical (unpaired) electrons. The second-order valence-electron chi connectivity index (χ2n) is 12.2. The van der Waals surface area contributed by atoms with Crippen LogP contribution < -0.4 is 4.90 Å². The summed E-state index contributed by atoms with van der Waals surface area (Å²) < 4.78 is 11.7. The van der Waals surface area contributed by atoms with Gasteiger partial charge in [-0.15, -0.1) is 0 Å². The Morgan fingerprint density at radius 2 is 0.612 bits per heavy atom. The first kappa shape index (κ1) is 28.6. The minimum atomic E-state index is 0.892. The van der Waals surface area contributed by atoms with Crippen LogP contribution in [0.3, 0.4) is 0 Å². The van der Waals surface area contributed by atoms with Crippen LogP contribution >= 0.6 is 0 Å². The third kappa shape index (κ3) is 5.38. The molecule has 0 atom stereocenters. The minimum absolute atomic E-state index is 0.892. The van der Waals surface area contributed by atoms with Crippen LogP contribution in [-0.2, 0) is 0 Å². The average molecular weight is 630 g/mol. The van der Waals surface area contributed by atoms with Crippen LogP contribution in [0.1, 0.15) is 0 Å². The first-order valence-electron chi connectivity index (χ1n) is 16.5. The van der Waals surface area contributed by atoms with Crippen LogP contribution in [0.15, 0.2) is 197 Å². The summed E-state index contributed by atoms with van der Waals surface area (Å²) in [7, 11) is 0. The van der Waals surface area contributed by atoms with Crippen molar-refractivity contribution in [3.8, 4) is 44.5 Å². The topological polar surface area (TPSA) is 29.5 Å². The fourth-order valence-corrected chi connectivity index (χ4v) is 6.72. The van der Waals surface area contributed by atoms with Crippen molar-refractivity contribution in [2.75, 3.05) is 4.90 Å². The number of benzene rings is 7. The molecule has 3 nitrogen and oxygen atoms in total. The van der Waals surface area contributed by atoms with Crippen molar-refractivity contribution in [1.82, 2.24) is 0 Å². The summed E-state index contributed by atoms with van der Waals surface area (Å²) in [6.07, 6.45) is 3.70. The standard InChI is InChI=1S/C46H31NO2/c1-2-8-32(9-3-1)33-14-16-34(17-15-33)35-18-24-38(25-19-35)47(39-26-20-36(21-27-39)43-30-48-45-12-6-4-10-41(43)45)40-28-22-37(23-29-40)44-31-49-46-13-7-5-11-42(44)46/h1-31H. The van der Waals surface area contributed by atoms with Gasteiger partial charge in [0.2, 0.25) is 0 Å². The maximum Gasteiger partial charge on any atom is 0.134 e. The van der Waals surface area contributed by atoms with Crippen LogP contribution in [0.25, 0.3) is 66.4 Å². The van der Waals surface area contributed by atoms with E-state index in [9.17, 15) is 0 Å². The van der Waals surface area contributed by atoms with Gasteiger partial charge in [0.25, 0.3) is 0 Å². The minimum Gasteiger partial charge on any atom is -0.464 e. The summed E-state index contributed by atoms with van der Waals surface area (Å²) in [5.74, 6) is 0. The molecule has 0 amide bonds. The Bertz CT molecular complexity index is 2390. The fraction of sp³-hybridized carbons (Fsp3) is 0. The van der Waals surface area contributed by atoms with Crippen molar-refractivity contribution in [1.29, 1.82) is 0 Å². The van der Waals surface area contributed by atoms with E-state index in [-0.39, 0.29) is 0 Å². The van der Waals surface area contributed by atoms with E-state index in [4.69, 9.17) is 8.83 Å². The maximum absolute atomic E-state index is 5.85. The van der Waals surface area contributed by atoms with Crippen LogP contribution in [0.2, 0.25) is 0 Å². The third-order valence-electron chi connectivity index (χ3n) is 9.29. The van der Waals surface area contributed by atoms with Crippen molar-refractivity contribution < 1.29 is 8.83 Å². The number of rotatable bonds is 7. The van der Waals surface area contributed by atoms with Crippen LogP contribution in [0, 0.1) is 0 Å². The van der Waals surface area contributed by atoms with Gasteiger partial charge in [-0.25, -0.2) is 0 Å². The van der Waals surface area contributed by atoms with E-state index >= 15 is 0 Å². The van der Waals surface area contributed by atoms with E-state index in [1.165, 1.54) is 22.3 Å². The zero-order valence-electron chi connectivity index (χ0n) is 26.7. The highest BCUT2D eigenvalue weighted by atomic mass is 16.3. The molecule has 2 heterocycles. The molecule has 0 N–H and O–H groups in total. The van der Waals surface area contributed by atoms with E-state index in [0.717, 1.165) is 61.3 Å². The molecule has 49 heavy (non-hydrogen) atoms. The smallest absolute Gasteiger partial charge is 0.134 e.